The van der Waals surface area contributed by atoms with Crippen molar-refractivity contribution in [2.24, 2.45) is 0 Å². The molecule has 1 aromatic carbocycles. The highest BCUT2D eigenvalue weighted by Gasteiger charge is 2.11. The Labute approximate surface area is 127 Å². The smallest absolute Gasteiger partial charge is 0.256 e. The van der Waals surface area contributed by atoms with Gasteiger partial charge in [-0.25, -0.2) is 0 Å². The van der Waals surface area contributed by atoms with E-state index in [1.807, 2.05) is 37.4 Å². The van der Waals surface area contributed by atoms with Crippen LogP contribution in [-0.2, 0) is 0 Å². The third-order valence-corrected chi connectivity index (χ3v) is 4.53. The molecule has 1 amide bonds. The molecule has 0 unspecified atom stereocenters. The monoisotopic (exact) mass is 387 g/mol. The number of aryl methyl sites for hydroxylation is 2. The zero-order valence-electron chi connectivity index (χ0n) is 9.88. The third-order valence-electron chi connectivity index (χ3n) is 2.57. The van der Waals surface area contributed by atoms with E-state index in [0.29, 0.717) is 5.56 Å². The number of hydrogen-bond donors (Lipinski definition) is 1. The predicted octanol–water partition coefficient (Wildman–Crippen LogP) is 5.14. The Kier molecular flexibility index (Phi) is 4.25. The maximum absolute atomic E-state index is 12.1. The lowest BCUT2D eigenvalue weighted by Crippen LogP contribution is -2.12. The summed E-state index contributed by atoms with van der Waals surface area (Å²) in [7, 11) is 0. The number of halogens is 2. The SMILES string of the molecule is Cc1cc(Br)cc(C)c1NC(=O)c1csc(Br)c1. The van der Waals surface area contributed by atoms with Crippen LogP contribution in [0.3, 0.4) is 0 Å². The van der Waals surface area contributed by atoms with E-state index in [2.05, 4.69) is 37.2 Å². The number of anilines is 1. The van der Waals surface area contributed by atoms with Crippen LogP contribution in [0.4, 0.5) is 5.69 Å². The van der Waals surface area contributed by atoms with Gasteiger partial charge in [0.2, 0.25) is 0 Å². The molecule has 5 heteroatoms. The first-order valence-electron chi connectivity index (χ1n) is 5.29. The Balaban J connectivity index is 2.27. The zero-order valence-corrected chi connectivity index (χ0v) is 13.9. The van der Waals surface area contributed by atoms with E-state index in [-0.39, 0.29) is 5.91 Å². The molecule has 0 aliphatic carbocycles. The maximum Gasteiger partial charge on any atom is 0.256 e. The third kappa shape index (κ3) is 3.02. The van der Waals surface area contributed by atoms with Crippen molar-refractivity contribution < 1.29 is 4.79 Å². The van der Waals surface area contributed by atoms with Gasteiger partial charge >= 0.3 is 0 Å². The van der Waals surface area contributed by atoms with Crippen LogP contribution in [0.2, 0.25) is 0 Å². The summed E-state index contributed by atoms with van der Waals surface area (Å²) in [5.74, 6) is -0.0783. The molecule has 0 fully saturated rings. The summed E-state index contributed by atoms with van der Waals surface area (Å²) in [6, 6.07) is 5.81. The zero-order chi connectivity index (χ0) is 13.3. The number of carbonyl (C=O) groups excluding carboxylic acids is 1. The fourth-order valence-electron chi connectivity index (χ4n) is 1.72. The van der Waals surface area contributed by atoms with Crippen molar-refractivity contribution in [3.63, 3.8) is 0 Å². The molecule has 1 heterocycles. The number of nitrogens with one attached hydrogen (secondary N) is 1. The molecule has 1 aromatic heterocycles. The van der Waals surface area contributed by atoms with Crippen molar-refractivity contribution >= 4 is 54.8 Å². The van der Waals surface area contributed by atoms with Crippen LogP contribution in [0, 0.1) is 13.8 Å². The second kappa shape index (κ2) is 5.55. The van der Waals surface area contributed by atoms with Gasteiger partial charge in [-0.3, -0.25) is 4.79 Å². The van der Waals surface area contributed by atoms with Crippen LogP contribution >= 0.6 is 43.2 Å². The van der Waals surface area contributed by atoms with E-state index in [4.69, 9.17) is 0 Å². The average molecular weight is 389 g/mol. The second-order valence-corrected chi connectivity index (χ2v) is 7.21. The molecule has 0 radical (unpaired) electrons. The molecule has 18 heavy (non-hydrogen) atoms. The van der Waals surface area contributed by atoms with E-state index < -0.39 is 0 Å². The van der Waals surface area contributed by atoms with Gasteiger partial charge in [-0.05, 0) is 59.1 Å². The van der Waals surface area contributed by atoms with Gasteiger partial charge in [0.1, 0.15) is 0 Å². The Bertz CT molecular complexity index is 584. The van der Waals surface area contributed by atoms with Gasteiger partial charge in [-0.15, -0.1) is 11.3 Å². The summed E-state index contributed by atoms with van der Waals surface area (Å²) in [6.07, 6.45) is 0. The van der Waals surface area contributed by atoms with Crippen molar-refractivity contribution in [1.29, 1.82) is 0 Å². The number of carbonyl (C=O) groups is 1. The first-order valence-corrected chi connectivity index (χ1v) is 7.76. The number of thiophene rings is 1. The largest absolute Gasteiger partial charge is 0.321 e. The first-order chi connectivity index (χ1) is 8.47. The van der Waals surface area contributed by atoms with E-state index >= 15 is 0 Å². The van der Waals surface area contributed by atoms with E-state index in [9.17, 15) is 4.79 Å². The molecule has 2 aromatic rings. The standard InChI is InChI=1S/C13H11Br2NOS/c1-7-3-10(14)4-8(2)12(7)16-13(17)9-5-11(15)18-6-9/h3-6H,1-2H3,(H,16,17). The molecule has 94 valence electrons. The van der Waals surface area contributed by atoms with Crippen LogP contribution in [0.5, 0.6) is 0 Å². The lowest BCUT2D eigenvalue weighted by molar-refractivity contribution is 0.102. The van der Waals surface area contributed by atoms with Crippen LogP contribution in [-0.4, -0.2) is 5.91 Å². The first kappa shape index (κ1) is 13.8. The van der Waals surface area contributed by atoms with E-state index in [1.165, 1.54) is 11.3 Å². The fourth-order valence-corrected chi connectivity index (χ4v) is 3.55. The van der Waals surface area contributed by atoms with Gasteiger partial charge in [0.25, 0.3) is 5.91 Å². The number of benzene rings is 1. The summed E-state index contributed by atoms with van der Waals surface area (Å²) in [6.45, 7) is 3.97. The van der Waals surface area contributed by atoms with Crippen molar-refractivity contribution in [3.8, 4) is 0 Å². The fraction of sp³-hybridized carbons (Fsp3) is 0.154. The van der Waals surface area contributed by atoms with Gasteiger partial charge in [0, 0.05) is 15.5 Å². The highest BCUT2D eigenvalue weighted by Crippen LogP contribution is 2.27. The minimum Gasteiger partial charge on any atom is -0.321 e. The lowest BCUT2D eigenvalue weighted by Gasteiger charge is -2.11. The van der Waals surface area contributed by atoms with Crippen LogP contribution in [0.1, 0.15) is 21.5 Å². The van der Waals surface area contributed by atoms with Gasteiger partial charge in [-0.1, -0.05) is 15.9 Å². The number of hydrogen-bond acceptors (Lipinski definition) is 2. The molecule has 0 aliphatic rings. The molecule has 1 N–H and O–H groups in total. The summed E-state index contributed by atoms with van der Waals surface area (Å²) < 4.78 is 1.98. The Hall–Kier alpha value is -0.650. The second-order valence-electron chi connectivity index (χ2n) is 4.01. The predicted molar refractivity (Wildman–Crippen MR) is 83.6 cm³/mol. The number of rotatable bonds is 2. The minimum atomic E-state index is -0.0783. The van der Waals surface area contributed by atoms with Crippen LogP contribution in [0.25, 0.3) is 0 Å². The summed E-state index contributed by atoms with van der Waals surface area (Å²) in [4.78, 5) is 12.1. The normalized spacial score (nSPS) is 10.4. The van der Waals surface area contributed by atoms with Crippen LogP contribution in [0.15, 0.2) is 31.8 Å². The Morgan fingerprint density at radius 3 is 2.28 bits per heavy atom. The lowest BCUT2D eigenvalue weighted by atomic mass is 10.1. The van der Waals surface area contributed by atoms with E-state index in [0.717, 1.165) is 25.1 Å². The van der Waals surface area contributed by atoms with E-state index in [1.54, 1.807) is 0 Å². The molecule has 2 rings (SSSR count). The topological polar surface area (TPSA) is 29.1 Å². The van der Waals surface area contributed by atoms with Crippen molar-refractivity contribution in [2.45, 2.75) is 13.8 Å². The Morgan fingerprint density at radius 1 is 1.17 bits per heavy atom. The Morgan fingerprint density at radius 2 is 1.78 bits per heavy atom. The molecule has 2 nitrogen and oxygen atoms in total. The quantitative estimate of drug-likeness (QED) is 0.757. The van der Waals surface area contributed by atoms with Crippen LogP contribution < -0.4 is 5.32 Å². The molecular weight excluding hydrogens is 378 g/mol. The average Bonchev–Trinajstić information content (AvgIpc) is 2.70. The van der Waals surface area contributed by atoms with Crippen molar-refractivity contribution in [2.75, 3.05) is 5.32 Å². The summed E-state index contributed by atoms with van der Waals surface area (Å²) >= 11 is 8.30. The molecule has 0 saturated carbocycles. The highest BCUT2D eigenvalue weighted by molar-refractivity contribution is 9.11. The number of amides is 1. The van der Waals surface area contributed by atoms with Crippen molar-refractivity contribution in [1.82, 2.24) is 0 Å². The molecule has 0 atom stereocenters. The molecular formula is C13H11Br2NOS. The molecule has 0 bridgehead atoms. The van der Waals surface area contributed by atoms with Gasteiger partial charge in [0.05, 0.1) is 9.35 Å². The van der Waals surface area contributed by atoms with Gasteiger partial charge in [0.15, 0.2) is 0 Å². The van der Waals surface area contributed by atoms with Crippen molar-refractivity contribution in [3.05, 3.63) is 48.5 Å². The molecule has 0 aliphatic heterocycles. The van der Waals surface area contributed by atoms with Gasteiger partial charge < -0.3 is 5.32 Å². The van der Waals surface area contributed by atoms with Gasteiger partial charge in [-0.2, -0.15) is 0 Å². The summed E-state index contributed by atoms with van der Waals surface area (Å²) in [5, 5.41) is 4.80. The maximum atomic E-state index is 12.1. The molecule has 0 saturated heterocycles. The molecule has 0 spiro atoms. The summed E-state index contributed by atoms with van der Waals surface area (Å²) in [5.41, 5.74) is 3.65. The highest BCUT2D eigenvalue weighted by atomic mass is 79.9. The minimum absolute atomic E-state index is 0.0783.